The first-order valence-electron chi connectivity index (χ1n) is 11.1. The van der Waals surface area contributed by atoms with Gasteiger partial charge >= 0.3 is 0 Å². The molecule has 0 aromatic heterocycles. The third kappa shape index (κ3) is 8.55. The van der Waals surface area contributed by atoms with Gasteiger partial charge in [-0.15, -0.1) is 0 Å². The zero-order chi connectivity index (χ0) is 20.4. The molecular weight excluding hydrogens is 380 g/mol. The molecule has 0 N–H and O–H groups in total. The number of benzene rings is 1. The third-order valence-electron chi connectivity index (χ3n) is 6.48. The topological polar surface area (TPSA) is 9.23 Å². The summed E-state index contributed by atoms with van der Waals surface area (Å²) in [6, 6.07) is 5.04. The molecule has 0 unspecified atom stereocenters. The molecular formula is C24H38F4O. The van der Waals surface area contributed by atoms with Gasteiger partial charge in [0.15, 0.2) is 11.6 Å². The van der Waals surface area contributed by atoms with Gasteiger partial charge in [-0.3, -0.25) is 9.09 Å². The van der Waals surface area contributed by atoms with Gasteiger partial charge in [0.1, 0.15) is 6.17 Å². The van der Waals surface area contributed by atoms with Gasteiger partial charge in [-0.05, 0) is 67.6 Å². The Bertz CT molecular complexity index is 536. The lowest BCUT2D eigenvalue weighted by Gasteiger charge is -2.27. The highest BCUT2D eigenvalue weighted by atomic mass is 19.1. The average molecular weight is 419 g/mol. The summed E-state index contributed by atoms with van der Waals surface area (Å²) in [5.74, 6) is 1.91. The zero-order valence-electron chi connectivity index (χ0n) is 18.0. The number of rotatable bonds is 6. The Kier molecular flexibility index (Phi) is 12.3. The lowest BCUT2D eigenvalue weighted by Crippen LogP contribution is -2.14. The van der Waals surface area contributed by atoms with Crippen molar-refractivity contribution >= 4 is 0 Å². The van der Waals surface area contributed by atoms with Crippen LogP contribution >= 0.6 is 0 Å². The van der Waals surface area contributed by atoms with Crippen molar-refractivity contribution in [2.24, 2.45) is 11.8 Å². The molecule has 0 bridgehead atoms. The molecule has 0 atom stereocenters. The smallest absolute Gasteiger partial charge is 0.165 e. The monoisotopic (exact) mass is 418 g/mol. The van der Waals surface area contributed by atoms with E-state index in [1.54, 1.807) is 6.07 Å². The van der Waals surface area contributed by atoms with E-state index in [0.717, 1.165) is 30.7 Å². The first-order valence-corrected chi connectivity index (χ1v) is 11.1. The Hall–Kier alpha value is -1.26. The molecule has 0 amide bonds. The SMILES string of the molecule is CCCC1CCC(CCF)CC1.COc1ccc(C2CCC(F)CC2)cc1F.F. The van der Waals surface area contributed by atoms with Crippen LogP contribution in [0.15, 0.2) is 18.2 Å². The van der Waals surface area contributed by atoms with Gasteiger partial charge < -0.3 is 4.74 Å². The van der Waals surface area contributed by atoms with E-state index in [4.69, 9.17) is 4.74 Å². The van der Waals surface area contributed by atoms with Crippen molar-refractivity contribution in [2.75, 3.05) is 13.8 Å². The quantitative estimate of drug-likeness (QED) is 0.426. The summed E-state index contributed by atoms with van der Waals surface area (Å²) < 4.78 is 43.4. The van der Waals surface area contributed by atoms with Crippen molar-refractivity contribution in [1.29, 1.82) is 0 Å². The minimum Gasteiger partial charge on any atom is -0.494 e. The maximum absolute atomic E-state index is 13.5. The Morgan fingerprint density at radius 3 is 2.00 bits per heavy atom. The molecule has 29 heavy (non-hydrogen) atoms. The molecule has 2 fully saturated rings. The van der Waals surface area contributed by atoms with Crippen LogP contribution in [-0.4, -0.2) is 20.0 Å². The molecule has 1 aromatic rings. The molecule has 1 aromatic carbocycles. The standard InChI is InChI=1S/C13H16F2O.C11H21F.FH/c1-16-13-7-4-10(8-12(13)15)9-2-5-11(14)6-3-9;1-2-3-10-4-6-11(7-5-10)8-9-12;/h4,7-9,11H,2-3,5-6H2,1H3;10-11H,2-9H2,1H3;1H. The molecule has 2 aliphatic carbocycles. The van der Waals surface area contributed by atoms with Gasteiger partial charge in [-0.25, -0.2) is 8.78 Å². The van der Waals surface area contributed by atoms with E-state index < -0.39 is 6.17 Å². The molecule has 5 heteroatoms. The van der Waals surface area contributed by atoms with E-state index in [1.807, 2.05) is 6.07 Å². The molecule has 1 nitrogen and oxygen atoms in total. The van der Waals surface area contributed by atoms with Crippen LogP contribution < -0.4 is 4.74 Å². The van der Waals surface area contributed by atoms with E-state index in [2.05, 4.69) is 6.92 Å². The minimum atomic E-state index is -0.667. The van der Waals surface area contributed by atoms with Crippen LogP contribution in [0.3, 0.4) is 0 Å². The van der Waals surface area contributed by atoms with Crippen LogP contribution in [0, 0.1) is 17.7 Å². The minimum absolute atomic E-state index is 0. The summed E-state index contributed by atoms with van der Waals surface area (Å²) >= 11 is 0. The third-order valence-corrected chi connectivity index (χ3v) is 6.48. The van der Waals surface area contributed by atoms with Gasteiger partial charge in [0.25, 0.3) is 0 Å². The summed E-state index contributed by atoms with van der Waals surface area (Å²) in [6.45, 7) is 2.15. The normalized spacial score (nSPS) is 26.7. The van der Waals surface area contributed by atoms with Crippen molar-refractivity contribution < 1.29 is 22.6 Å². The second-order valence-electron chi connectivity index (χ2n) is 8.50. The lowest BCUT2D eigenvalue weighted by atomic mass is 9.79. The molecule has 3 rings (SSSR count). The Labute approximate surface area is 173 Å². The van der Waals surface area contributed by atoms with Gasteiger partial charge in [0.2, 0.25) is 0 Å². The van der Waals surface area contributed by atoms with Crippen molar-refractivity contribution in [3.05, 3.63) is 29.6 Å². The Morgan fingerprint density at radius 1 is 0.931 bits per heavy atom. The van der Waals surface area contributed by atoms with E-state index in [1.165, 1.54) is 51.7 Å². The summed E-state index contributed by atoms with van der Waals surface area (Å²) in [4.78, 5) is 0. The largest absolute Gasteiger partial charge is 0.494 e. The average Bonchev–Trinajstić information content (AvgIpc) is 2.71. The number of alkyl halides is 2. The van der Waals surface area contributed by atoms with E-state index >= 15 is 0 Å². The molecule has 2 saturated carbocycles. The van der Waals surface area contributed by atoms with Crippen LogP contribution in [0.1, 0.15) is 89.0 Å². The number of halogens is 4. The number of ether oxygens (including phenoxy) is 1. The van der Waals surface area contributed by atoms with E-state index in [9.17, 15) is 13.2 Å². The molecule has 168 valence electrons. The fraction of sp³-hybridized carbons (Fsp3) is 0.750. The molecule has 2 aliphatic rings. The summed E-state index contributed by atoms with van der Waals surface area (Å²) in [6.07, 6.45) is 11.0. The summed E-state index contributed by atoms with van der Waals surface area (Å²) in [5, 5.41) is 0. The maximum atomic E-state index is 13.5. The number of methoxy groups -OCH3 is 1. The van der Waals surface area contributed by atoms with Crippen LogP contribution in [0.4, 0.5) is 17.9 Å². The summed E-state index contributed by atoms with van der Waals surface area (Å²) in [5.41, 5.74) is 0.963. The molecule has 0 saturated heterocycles. The number of hydrogen-bond acceptors (Lipinski definition) is 1. The molecule has 0 heterocycles. The lowest BCUT2D eigenvalue weighted by molar-refractivity contribution is 0.235. The predicted molar refractivity (Wildman–Crippen MR) is 113 cm³/mol. The first kappa shape index (κ1) is 25.8. The van der Waals surface area contributed by atoms with Crippen molar-refractivity contribution in [1.82, 2.24) is 0 Å². The first-order chi connectivity index (χ1) is 13.6. The van der Waals surface area contributed by atoms with E-state index in [-0.39, 0.29) is 22.9 Å². The predicted octanol–water partition coefficient (Wildman–Crippen LogP) is 7.94. The highest BCUT2D eigenvalue weighted by molar-refractivity contribution is 5.31. The van der Waals surface area contributed by atoms with E-state index in [0.29, 0.717) is 24.7 Å². The number of hydrogen-bond donors (Lipinski definition) is 0. The van der Waals surface area contributed by atoms with Gasteiger partial charge in [-0.1, -0.05) is 51.5 Å². The van der Waals surface area contributed by atoms with Crippen molar-refractivity contribution in [2.45, 2.75) is 89.6 Å². The highest BCUT2D eigenvalue weighted by Gasteiger charge is 2.22. The summed E-state index contributed by atoms with van der Waals surface area (Å²) in [7, 11) is 1.45. The zero-order valence-corrected chi connectivity index (χ0v) is 18.0. The molecule has 0 spiro atoms. The van der Waals surface area contributed by atoms with Gasteiger partial charge in [0, 0.05) is 0 Å². The Balaban J connectivity index is 0.000000292. The van der Waals surface area contributed by atoms with Gasteiger partial charge in [-0.2, -0.15) is 0 Å². The van der Waals surface area contributed by atoms with Crippen LogP contribution in [-0.2, 0) is 0 Å². The second-order valence-corrected chi connectivity index (χ2v) is 8.50. The van der Waals surface area contributed by atoms with Crippen molar-refractivity contribution in [3.8, 4) is 5.75 Å². The molecule has 0 radical (unpaired) electrons. The second kappa shape index (κ2) is 13.9. The van der Waals surface area contributed by atoms with Crippen LogP contribution in [0.2, 0.25) is 0 Å². The fourth-order valence-corrected chi connectivity index (χ4v) is 4.69. The maximum Gasteiger partial charge on any atom is 0.165 e. The van der Waals surface area contributed by atoms with Crippen LogP contribution in [0.25, 0.3) is 0 Å². The fourth-order valence-electron chi connectivity index (χ4n) is 4.69. The van der Waals surface area contributed by atoms with Crippen molar-refractivity contribution in [3.63, 3.8) is 0 Å². The highest BCUT2D eigenvalue weighted by Crippen LogP contribution is 2.35. The van der Waals surface area contributed by atoms with Crippen LogP contribution in [0.5, 0.6) is 5.75 Å². The Morgan fingerprint density at radius 2 is 1.52 bits per heavy atom. The molecule has 0 aliphatic heterocycles. The van der Waals surface area contributed by atoms with Gasteiger partial charge in [0.05, 0.1) is 13.8 Å².